The van der Waals surface area contributed by atoms with Gasteiger partial charge in [0.1, 0.15) is 5.82 Å². The van der Waals surface area contributed by atoms with Gasteiger partial charge in [0.15, 0.2) is 11.3 Å². The molecule has 104 valence electrons. The standard InChI is InChI=1S/C12H18N4O2S/c1-8-6-10(15-12(14-8)19-3)16-4-5-18-9(7-16)11(17)13-2/h6,9H,4-5,7H2,1-3H3,(H,13,17). The Labute approximate surface area is 116 Å². The van der Waals surface area contributed by atoms with Crippen LogP contribution in [0.2, 0.25) is 0 Å². The van der Waals surface area contributed by atoms with Crippen LogP contribution in [0.5, 0.6) is 0 Å². The van der Waals surface area contributed by atoms with Gasteiger partial charge in [-0.15, -0.1) is 0 Å². The van der Waals surface area contributed by atoms with Gasteiger partial charge in [-0.05, 0) is 13.2 Å². The van der Waals surface area contributed by atoms with E-state index in [-0.39, 0.29) is 5.91 Å². The fraction of sp³-hybridized carbons (Fsp3) is 0.583. The molecule has 0 radical (unpaired) electrons. The minimum Gasteiger partial charge on any atom is -0.365 e. The van der Waals surface area contributed by atoms with E-state index >= 15 is 0 Å². The molecule has 1 saturated heterocycles. The van der Waals surface area contributed by atoms with E-state index in [1.807, 2.05) is 19.2 Å². The topological polar surface area (TPSA) is 67.4 Å². The molecule has 1 unspecified atom stereocenters. The zero-order chi connectivity index (χ0) is 13.8. The lowest BCUT2D eigenvalue weighted by Crippen LogP contribution is -2.49. The summed E-state index contributed by atoms with van der Waals surface area (Å²) in [5.74, 6) is 0.759. The number of morpholine rings is 1. The Balaban J connectivity index is 2.17. The van der Waals surface area contributed by atoms with E-state index in [0.29, 0.717) is 13.2 Å². The van der Waals surface area contributed by atoms with Crippen molar-refractivity contribution >= 4 is 23.5 Å². The highest BCUT2D eigenvalue weighted by Gasteiger charge is 2.26. The van der Waals surface area contributed by atoms with E-state index in [1.165, 1.54) is 11.8 Å². The van der Waals surface area contributed by atoms with Crippen molar-refractivity contribution in [2.24, 2.45) is 0 Å². The van der Waals surface area contributed by atoms with E-state index in [4.69, 9.17) is 4.74 Å². The predicted molar refractivity (Wildman–Crippen MR) is 74.6 cm³/mol. The van der Waals surface area contributed by atoms with E-state index in [0.717, 1.165) is 23.2 Å². The largest absolute Gasteiger partial charge is 0.365 e. The van der Waals surface area contributed by atoms with Crippen molar-refractivity contribution in [3.8, 4) is 0 Å². The second-order valence-corrected chi connectivity index (χ2v) is 5.05. The molecule has 0 bridgehead atoms. The summed E-state index contributed by atoms with van der Waals surface area (Å²) in [6, 6.07) is 1.94. The first-order chi connectivity index (χ1) is 9.13. The average molecular weight is 282 g/mol. The Kier molecular flexibility index (Phi) is 4.60. The van der Waals surface area contributed by atoms with Crippen molar-refractivity contribution < 1.29 is 9.53 Å². The summed E-state index contributed by atoms with van der Waals surface area (Å²) in [6.45, 7) is 3.72. The zero-order valence-electron chi connectivity index (χ0n) is 11.3. The molecular weight excluding hydrogens is 264 g/mol. The summed E-state index contributed by atoms with van der Waals surface area (Å²) in [7, 11) is 1.62. The summed E-state index contributed by atoms with van der Waals surface area (Å²) in [5, 5.41) is 3.36. The molecule has 1 aliphatic rings. The normalized spacial score (nSPS) is 19.3. The molecule has 2 heterocycles. The number of rotatable bonds is 3. The monoisotopic (exact) mass is 282 g/mol. The molecule has 1 aromatic rings. The Morgan fingerprint density at radius 1 is 1.58 bits per heavy atom. The molecule has 1 aliphatic heterocycles. The minimum absolute atomic E-state index is 0.0967. The van der Waals surface area contributed by atoms with Crippen molar-refractivity contribution in [1.29, 1.82) is 0 Å². The Morgan fingerprint density at radius 3 is 3.05 bits per heavy atom. The molecule has 0 aromatic carbocycles. The molecule has 1 atom stereocenters. The van der Waals surface area contributed by atoms with Gasteiger partial charge in [-0.1, -0.05) is 11.8 Å². The van der Waals surface area contributed by atoms with Crippen LogP contribution in [0.15, 0.2) is 11.2 Å². The number of aromatic nitrogens is 2. The number of hydrogen-bond donors (Lipinski definition) is 1. The van der Waals surface area contributed by atoms with Crippen molar-refractivity contribution in [3.63, 3.8) is 0 Å². The molecule has 0 spiro atoms. The fourth-order valence-electron chi connectivity index (χ4n) is 1.96. The minimum atomic E-state index is -0.438. The van der Waals surface area contributed by atoms with Crippen molar-refractivity contribution in [2.75, 3.05) is 37.9 Å². The van der Waals surface area contributed by atoms with E-state index < -0.39 is 6.10 Å². The van der Waals surface area contributed by atoms with Crippen LogP contribution in [-0.2, 0) is 9.53 Å². The first kappa shape index (κ1) is 14.1. The number of ether oxygens (including phenoxy) is 1. The van der Waals surface area contributed by atoms with Crippen molar-refractivity contribution in [3.05, 3.63) is 11.8 Å². The van der Waals surface area contributed by atoms with Gasteiger partial charge in [0.05, 0.1) is 13.2 Å². The van der Waals surface area contributed by atoms with E-state index in [2.05, 4.69) is 20.2 Å². The van der Waals surface area contributed by atoms with Crippen LogP contribution in [0.3, 0.4) is 0 Å². The first-order valence-electron chi connectivity index (χ1n) is 6.12. The molecular formula is C12H18N4O2S. The van der Waals surface area contributed by atoms with Crippen LogP contribution >= 0.6 is 11.8 Å². The number of hydrogen-bond acceptors (Lipinski definition) is 6. The number of thioether (sulfide) groups is 1. The zero-order valence-corrected chi connectivity index (χ0v) is 12.2. The maximum absolute atomic E-state index is 11.6. The van der Waals surface area contributed by atoms with E-state index in [9.17, 15) is 4.79 Å². The number of nitrogens with one attached hydrogen (secondary N) is 1. The molecule has 19 heavy (non-hydrogen) atoms. The molecule has 0 saturated carbocycles. The number of carbonyl (C=O) groups excluding carboxylic acids is 1. The maximum atomic E-state index is 11.6. The molecule has 1 amide bonds. The van der Waals surface area contributed by atoms with Crippen LogP contribution in [0.4, 0.5) is 5.82 Å². The van der Waals surface area contributed by atoms with E-state index in [1.54, 1.807) is 7.05 Å². The van der Waals surface area contributed by atoms with Gasteiger partial charge >= 0.3 is 0 Å². The summed E-state index contributed by atoms with van der Waals surface area (Å²) in [5.41, 5.74) is 0.928. The SMILES string of the molecule is CNC(=O)C1CN(c2cc(C)nc(SC)n2)CCO1. The molecule has 0 aliphatic carbocycles. The van der Waals surface area contributed by atoms with Gasteiger partial charge in [-0.2, -0.15) is 0 Å². The third-order valence-corrected chi connectivity index (χ3v) is 3.48. The lowest BCUT2D eigenvalue weighted by Gasteiger charge is -2.32. The molecule has 6 nitrogen and oxygen atoms in total. The van der Waals surface area contributed by atoms with Crippen LogP contribution in [-0.4, -0.2) is 55.0 Å². The van der Waals surface area contributed by atoms with Gasteiger partial charge in [0.25, 0.3) is 5.91 Å². The number of aryl methyl sites for hydroxylation is 1. The van der Waals surface area contributed by atoms with Crippen LogP contribution in [0.25, 0.3) is 0 Å². The van der Waals surface area contributed by atoms with Gasteiger partial charge in [-0.3, -0.25) is 4.79 Å². The van der Waals surface area contributed by atoms with Crippen LogP contribution < -0.4 is 10.2 Å². The summed E-state index contributed by atoms with van der Waals surface area (Å²) in [6.07, 6.45) is 1.51. The Morgan fingerprint density at radius 2 is 2.37 bits per heavy atom. The average Bonchev–Trinajstić information content (AvgIpc) is 2.45. The third-order valence-electron chi connectivity index (χ3n) is 2.93. The van der Waals surface area contributed by atoms with Gasteiger partial charge in [0, 0.05) is 25.4 Å². The number of likely N-dealkylation sites (N-methyl/N-ethyl adjacent to an activating group) is 1. The quantitative estimate of drug-likeness (QED) is 0.641. The second-order valence-electron chi connectivity index (χ2n) is 4.27. The van der Waals surface area contributed by atoms with Gasteiger partial charge in [0.2, 0.25) is 0 Å². The highest BCUT2D eigenvalue weighted by atomic mass is 32.2. The summed E-state index contributed by atoms with van der Waals surface area (Å²) in [4.78, 5) is 22.5. The van der Waals surface area contributed by atoms with Crippen molar-refractivity contribution in [2.45, 2.75) is 18.2 Å². The number of nitrogens with zero attached hydrogens (tertiary/aromatic N) is 3. The van der Waals surface area contributed by atoms with Crippen molar-refractivity contribution in [1.82, 2.24) is 15.3 Å². The highest BCUT2D eigenvalue weighted by Crippen LogP contribution is 2.19. The Bertz CT molecular complexity index is 469. The smallest absolute Gasteiger partial charge is 0.250 e. The third kappa shape index (κ3) is 3.36. The summed E-state index contributed by atoms with van der Waals surface area (Å²) < 4.78 is 5.47. The molecule has 2 rings (SSSR count). The second kappa shape index (κ2) is 6.21. The molecule has 1 fully saturated rings. The number of carbonyl (C=O) groups is 1. The molecule has 1 aromatic heterocycles. The molecule has 7 heteroatoms. The lowest BCUT2D eigenvalue weighted by molar-refractivity contribution is -0.132. The Hall–Kier alpha value is -1.34. The van der Waals surface area contributed by atoms with Crippen LogP contribution in [0.1, 0.15) is 5.69 Å². The van der Waals surface area contributed by atoms with Gasteiger partial charge in [-0.25, -0.2) is 9.97 Å². The predicted octanol–water partition coefficient (Wildman–Crippen LogP) is 0.458. The van der Waals surface area contributed by atoms with Crippen LogP contribution in [0, 0.1) is 6.92 Å². The number of anilines is 1. The lowest BCUT2D eigenvalue weighted by atomic mass is 10.2. The van der Waals surface area contributed by atoms with Gasteiger partial charge < -0.3 is 15.0 Å². The fourth-order valence-corrected chi connectivity index (χ4v) is 2.38. The highest BCUT2D eigenvalue weighted by molar-refractivity contribution is 7.98. The number of amides is 1. The first-order valence-corrected chi connectivity index (χ1v) is 7.34. The summed E-state index contributed by atoms with van der Waals surface area (Å²) >= 11 is 1.51. The maximum Gasteiger partial charge on any atom is 0.250 e. The molecule has 1 N–H and O–H groups in total.